The minimum absolute atomic E-state index is 0.116. The first-order valence-corrected chi connectivity index (χ1v) is 8.37. The van der Waals surface area contributed by atoms with Gasteiger partial charge in [0.2, 0.25) is 5.91 Å². The maximum atomic E-state index is 12.4. The van der Waals surface area contributed by atoms with E-state index in [-0.39, 0.29) is 23.0 Å². The van der Waals surface area contributed by atoms with Crippen LogP contribution in [0, 0.1) is 0 Å². The first kappa shape index (κ1) is 14.1. The van der Waals surface area contributed by atoms with E-state index in [0.717, 1.165) is 0 Å². The van der Waals surface area contributed by atoms with E-state index in [1.54, 1.807) is 36.4 Å². The maximum Gasteiger partial charge on any atom is 0.228 e. The Bertz CT molecular complexity index is 831. The normalized spacial score (nSPS) is 13.9. The number of nitrogens with one attached hydrogen (secondary N) is 1. The highest BCUT2D eigenvalue weighted by Gasteiger charge is 2.22. The molecule has 21 heavy (non-hydrogen) atoms. The average molecular weight is 322 g/mol. The molecule has 1 aliphatic rings. The number of fused-ring (bicyclic) bond motifs is 1. The maximum absolute atomic E-state index is 12.4. The number of sulfone groups is 1. The second kappa shape index (κ2) is 5.16. The summed E-state index contributed by atoms with van der Waals surface area (Å²) in [6.07, 6.45) is 0.218. The smallest absolute Gasteiger partial charge is 0.228 e. The van der Waals surface area contributed by atoms with Gasteiger partial charge < -0.3 is 5.32 Å². The summed E-state index contributed by atoms with van der Waals surface area (Å²) in [4.78, 5) is 11.5. The Balaban J connectivity index is 1.92. The van der Waals surface area contributed by atoms with E-state index in [1.165, 1.54) is 6.07 Å². The van der Waals surface area contributed by atoms with Gasteiger partial charge in [0.1, 0.15) is 0 Å². The lowest BCUT2D eigenvalue weighted by Gasteiger charge is -2.07. The lowest BCUT2D eigenvalue weighted by atomic mass is 10.2. The van der Waals surface area contributed by atoms with Crippen LogP contribution in [0.15, 0.2) is 47.4 Å². The van der Waals surface area contributed by atoms with E-state index in [9.17, 15) is 13.2 Å². The molecule has 0 aliphatic carbocycles. The van der Waals surface area contributed by atoms with Gasteiger partial charge >= 0.3 is 0 Å². The second-order valence-corrected chi connectivity index (χ2v) is 7.36. The van der Waals surface area contributed by atoms with Crippen molar-refractivity contribution >= 4 is 33.0 Å². The topological polar surface area (TPSA) is 63.2 Å². The minimum Gasteiger partial charge on any atom is -0.326 e. The molecule has 4 nitrogen and oxygen atoms in total. The molecule has 0 aromatic heterocycles. The Morgan fingerprint density at radius 3 is 2.71 bits per heavy atom. The number of halogens is 1. The standard InChI is InChI=1S/C15H12ClNO3S/c16-12-3-1-2-10(6-12)9-21(19,20)13-4-5-14-11(7-13)8-15(18)17-14/h1-7H,8-9H2,(H,17,18). The Labute approximate surface area is 127 Å². The molecule has 0 atom stereocenters. The zero-order valence-corrected chi connectivity index (χ0v) is 12.5. The lowest BCUT2D eigenvalue weighted by molar-refractivity contribution is -0.115. The zero-order valence-electron chi connectivity index (χ0n) is 11.0. The molecule has 2 aromatic carbocycles. The highest BCUT2D eigenvalue weighted by atomic mass is 35.5. The SMILES string of the molecule is O=C1Cc2cc(S(=O)(=O)Cc3cccc(Cl)c3)ccc2N1. The minimum atomic E-state index is -3.47. The van der Waals surface area contributed by atoms with Crippen molar-refractivity contribution in [3.05, 3.63) is 58.6 Å². The molecule has 0 radical (unpaired) electrons. The van der Waals surface area contributed by atoms with Gasteiger partial charge in [-0.2, -0.15) is 0 Å². The molecule has 0 saturated carbocycles. The molecule has 0 saturated heterocycles. The number of carbonyl (C=O) groups is 1. The highest BCUT2D eigenvalue weighted by molar-refractivity contribution is 7.90. The lowest BCUT2D eigenvalue weighted by Crippen LogP contribution is -2.05. The molecular formula is C15H12ClNO3S. The van der Waals surface area contributed by atoms with E-state index in [2.05, 4.69) is 5.32 Å². The summed E-state index contributed by atoms with van der Waals surface area (Å²) in [5.74, 6) is -0.234. The fourth-order valence-corrected chi connectivity index (χ4v) is 3.92. The van der Waals surface area contributed by atoms with Crippen molar-refractivity contribution in [3.8, 4) is 0 Å². The van der Waals surface area contributed by atoms with Crippen LogP contribution in [0.2, 0.25) is 5.02 Å². The summed E-state index contributed by atoms with van der Waals surface area (Å²) in [6, 6.07) is 11.5. The van der Waals surface area contributed by atoms with Gasteiger partial charge in [0.15, 0.2) is 9.84 Å². The number of rotatable bonds is 3. The Morgan fingerprint density at radius 1 is 1.14 bits per heavy atom. The van der Waals surface area contributed by atoms with Crippen LogP contribution in [0.3, 0.4) is 0 Å². The van der Waals surface area contributed by atoms with Crippen molar-refractivity contribution < 1.29 is 13.2 Å². The molecule has 6 heteroatoms. The second-order valence-electron chi connectivity index (χ2n) is 4.93. The first-order chi connectivity index (χ1) is 9.94. The molecule has 1 N–H and O–H groups in total. The predicted octanol–water partition coefficient (Wildman–Crippen LogP) is 2.81. The van der Waals surface area contributed by atoms with Gasteiger partial charge in [-0.05, 0) is 41.5 Å². The molecule has 0 bridgehead atoms. The van der Waals surface area contributed by atoms with Crippen molar-refractivity contribution in [2.24, 2.45) is 0 Å². The summed E-state index contributed by atoms with van der Waals surface area (Å²) >= 11 is 5.87. The first-order valence-electron chi connectivity index (χ1n) is 6.34. The third-order valence-electron chi connectivity index (χ3n) is 3.31. The number of anilines is 1. The van der Waals surface area contributed by atoms with Crippen LogP contribution in [0.25, 0.3) is 0 Å². The summed E-state index contributed by atoms with van der Waals surface area (Å²) in [7, 11) is -3.47. The molecule has 0 spiro atoms. The van der Waals surface area contributed by atoms with Gasteiger partial charge in [0, 0.05) is 10.7 Å². The van der Waals surface area contributed by atoms with Crippen LogP contribution in [-0.2, 0) is 26.8 Å². The number of hydrogen-bond acceptors (Lipinski definition) is 3. The highest BCUT2D eigenvalue weighted by Crippen LogP contribution is 2.27. The van der Waals surface area contributed by atoms with E-state index in [0.29, 0.717) is 21.8 Å². The van der Waals surface area contributed by atoms with Crippen molar-refractivity contribution in [2.45, 2.75) is 17.1 Å². The number of benzene rings is 2. The van der Waals surface area contributed by atoms with Gasteiger partial charge in [-0.15, -0.1) is 0 Å². The van der Waals surface area contributed by atoms with Crippen molar-refractivity contribution in [2.75, 3.05) is 5.32 Å². The molecule has 108 valence electrons. The average Bonchev–Trinajstić information content (AvgIpc) is 2.77. The van der Waals surface area contributed by atoms with Crippen LogP contribution < -0.4 is 5.32 Å². The van der Waals surface area contributed by atoms with Crippen LogP contribution in [0.1, 0.15) is 11.1 Å². The van der Waals surface area contributed by atoms with Crippen molar-refractivity contribution in [3.63, 3.8) is 0 Å². The molecule has 0 fully saturated rings. The van der Waals surface area contributed by atoms with Crippen LogP contribution in [0.5, 0.6) is 0 Å². The van der Waals surface area contributed by atoms with Crippen molar-refractivity contribution in [1.82, 2.24) is 0 Å². The fourth-order valence-electron chi connectivity index (χ4n) is 2.33. The molecular weight excluding hydrogens is 310 g/mol. The van der Waals surface area contributed by atoms with Crippen molar-refractivity contribution in [1.29, 1.82) is 0 Å². The van der Waals surface area contributed by atoms with Gasteiger partial charge in [-0.25, -0.2) is 8.42 Å². The Hall–Kier alpha value is -1.85. The molecule has 2 aromatic rings. The summed E-state index contributed by atoms with van der Waals surface area (Å²) in [5, 5.41) is 3.19. The van der Waals surface area contributed by atoms with Gasteiger partial charge in [0.25, 0.3) is 0 Å². The van der Waals surface area contributed by atoms with E-state index < -0.39 is 9.84 Å². The quantitative estimate of drug-likeness (QED) is 0.945. The Morgan fingerprint density at radius 2 is 1.95 bits per heavy atom. The zero-order chi connectivity index (χ0) is 15.0. The largest absolute Gasteiger partial charge is 0.326 e. The molecule has 1 heterocycles. The summed E-state index contributed by atoms with van der Waals surface area (Å²) < 4.78 is 24.9. The van der Waals surface area contributed by atoms with Crippen LogP contribution >= 0.6 is 11.6 Å². The molecule has 1 amide bonds. The number of carbonyl (C=O) groups excluding carboxylic acids is 1. The molecule has 1 aliphatic heterocycles. The van der Waals surface area contributed by atoms with Gasteiger partial charge in [-0.3, -0.25) is 4.79 Å². The number of hydrogen-bond donors (Lipinski definition) is 1. The number of amides is 1. The van der Waals surface area contributed by atoms with E-state index in [1.807, 2.05) is 0 Å². The fraction of sp³-hybridized carbons (Fsp3) is 0.133. The van der Waals surface area contributed by atoms with Crippen LogP contribution in [-0.4, -0.2) is 14.3 Å². The third-order valence-corrected chi connectivity index (χ3v) is 5.23. The Kier molecular flexibility index (Phi) is 3.47. The molecule has 3 rings (SSSR count). The van der Waals surface area contributed by atoms with E-state index >= 15 is 0 Å². The van der Waals surface area contributed by atoms with Crippen LogP contribution in [0.4, 0.5) is 5.69 Å². The van der Waals surface area contributed by atoms with Gasteiger partial charge in [0.05, 0.1) is 17.1 Å². The summed E-state index contributed by atoms with van der Waals surface area (Å²) in [5.41, 5.74) is 2.03. The summed E-state index contributed by atoms with van der Waals surface area (Å²) in [6.45, 7) is 0. The van der Waals surface area contributed by atoms with E-state index in [4.69, 9.17) is 11.6 Å². The van der Waals surface area contributed by atoms with Gasteiger partial charge in [-0.1, -0.05) is 23.7 Å². The third kappa shape index (κ3) is 2.94. The monoisotopic (exact) mass is 321 g/mol. The molecule has 0 unspecified atom stereocenters. The predicted molar refractivity (Wildman–Crippen MR) is 81.1 cm³/mol.